The van der Waals surface area contributed by atoms with Crippen LogP contribution in [0.25, 0.3) is 0 Å². The van der Waals surface area contributed by atoms with Gasteiger partial charge in [0.05, 0.1) is 4.92 Å². The highest BCUT2D eigenvalue weighted by molar-refractivity contribution is 5.83. The smallest absolute Gasteiger partial charge is 0.307 e. The van der Waals surface area contributed by atoms with Gasteiger partial charge in [-0.05, 0) is 19.8 Å². The van der Waals surface area contributed by atoms with Crippen molar-refractivity contribution < 1.29 is 19.6 Å². The lowest BCUT2D eigenvalue weighted by Gasteiger charge is -2.24. The standard InChI is InChI=1S/C12H18N4O5/c1-8(4-10(17)18)5-13-11(19)12(2,3)15-7-9(6-14-15)16(20)21/h6-8H,4-5H2,1-3H3,(H,13,19)(H,17,18). The zero-order valence-electron chi connectivity index (χ0n) is 12.1. The highest BCUT2D eigenvalue weighted by atomic mass is 16.6. The minimum absolute atomic E-state index is 0.0477. The molecule has 1 amide bonds. The van der Waals surface area contributed by atoms with Crippen LogP contribution < -0.4 is 5.32 Å². The number of carboxylic acid groups (broad SMARTS) is 1. The van der Waals surface area contributed by atoms with Crippen LogP contribution in [0.5, 0.6) is 0 Å². The van der Waals surface area contributed by atoms with Gasteiger partial charge in [0, 0.05) is 13.0 Å². The third-order valence-electron chi connectivity index (χ3n) is 3.04. The van der Waals surface area contributed by atoms with Crippen LogP contribution in [0.15, 0.2) is 12.4 Å². The quantitative estimate of drug-likeness (QED) is 0.565. The van der Waals surface area contributed by atoms with E-state index in [-0.39, 0.29) is 24.6 Å². The normalized spacial score (nSPS) is 12.7. The summed E-state index contributed by atoms with van der Waals surface area (Å²) in [6.07, 6.45) is 2.20. The van der Waals surface area contributed by atoms with Gasteiger partial charge in [0.15, 0.2) is 0 Å². The molecule has 0 spiro atoms. The number of nitro groups is 1. The highest BCUT2D eigenvalue weighted by Gasteiger charge is 2.32. The Labute approximate surface area is 121 Å². The number of carbonyl (C=O) groups excluding carboxylic acids is 1. The van der Waals surface area contributed by atoms with Gasteiger partial charge < -0.3 is 10.4 Å². The first-order chi connectivity index (χ1) is 9.64. The molecule has 1 aromatic rings. The van der Waals surface area contributed by atoms with Crippen molar-refractivity contribution >= 4 is 17.6 Å². The van der Waals surface area contributed by atoms with E-state index in [0.29, 0.717) is 0 Å². The zero-order valence-corrected chi connectivity index (χ0v) is 12.1. The van der Waals surface area contributed by atoms with E-state index in [2.05, 4.69) is 10.4 Å². The summed E-state index contributed by atoms with van der Waals surface area (Å²) in [5.74, 6) is -1.54. The summed E-state index contributed by atoms with van der Waals surface area (Å²) in [5, 5.41) is 25.7. The zero-order chi connectivity index (χ0) is 16.2. The predicted molar refractivity (Wildman–Crippen MR) is 72.6 cm³/mol. The molecule has 116 valence electrons. The minimum Gasteiger partial charge on any atom is -0.481 e. The molecule has 0 aliphatic carbocycles. The monoisotopic (exact) mass is 298 g/mol. The number of carboxylic acids is 1. The number of nitrogens with zero attached hydrogens (tertiary/aromatic N) is 3. The van der Waals surface area contributed by atoms with Crippen molar-refractivity contribution in [1.29, 1.82) is 0 Å². The van der Waals surface area contributed by atoms with Crippen LogP contribution in [0.4, 0.5) is 5.69 Å². The molecule has 0 aliphatic heterocycles. The van der Waals surface area contributed by atoms with Gasteiger partial charge in [0.2, 0.25) is 5.91 Å². The van der Waals surface area contributed by atoms with Crippen LogP contribution in [0.1, 0.15) is 27.2 Å². The van der Waals surface area contributed by atoms with Gasteiger partial charge in [-0.2, -0.15) is 5.10 Å². The van der Waals surface area contributed by atoms with Crippen LogP contribution in [0.3, 0.4) is 0 Å². The summed E-state index contributed by atoms with van der Waals surface area (Å²) in [6, 6.07) is 0. The number of rotatable bonds is 7. The van der Waals surface area contributed by atoms with Crippen molar-refractivity contribution in [3.63, 3.8) is 0 Å². The number of nitrogens with one attached hydrogen (secondary N) is 1. The number of hydrogen-bond acceptors (Lipinski definition) is 5. The van der Waals surface area contributed by atoms with Gasteiger partial charge in [-0.25, -0.2) is 0 Å². The van der Waals surface area contributed by atoms with Crippen molar-refractivity contribution in [2.45, 2.75) is 32.7 Å². The van der Waals surface area contributed by atoms with E-state index in [1.54, 1.807) is 20.8 Å². The van der Waals surface area contributed by atoms with E-state index in [4.69, 9.17) is 5.11 Å². The molecule has 1 aromatic heterocycles. The molecule has 2 N–H and O–H groups in total. The molecule has 9 heteroatoms. The second-order valence-electron chi connectivity index (χ2n) is 5.37. The van der Waals surface area contributed by atoms with Crippen molar-refractivity contribution in [2.24, 2.45) is 5.92 Å². The molecule has 1 atom stereocenters. The Kier molecular flexibility index (Phi) is 5.01. The molecule has 9 nitrogen and oxygen atoms in total. The van der Waals surface area contributed by atoms with Gasteiger partial charge in [0.1, 0.15) is 17.9 Å². The Morgan fingerprint density at radius 2 is 2.19 bits per heavy atom. The molecule has 0 fully saturated rings. The topological polar surface area (TPSA) is 127 Å². The second-order valence-corrected chi connectivity index (χ2v) is 5.37. The van der Waals surface area contributed by atoms with E-state index in [0.717, 1.165) is 6.20 Å². The molecule has 0 radical (unpaired) electrons. The average Bonchev–Trinajstić information content (AvgIpc) is 2.85. The van der Waals surface area contributed by atoms with E-state index < -0.39 is 22.3 Å². The lowest BCUT2D eigenvalue weighted by atomic mass is 10.0. The molecule has 1 rings (SSSR count). The highest BCUT2D eigenvalue weighted by Crippen LogP contribution is 2.18. The lowest BCUT2D eigenvalue weighted by Crippen LogP contribution is -2.46. The fourth-order valence-corrected chi connectivity index (χ4v) is 1.67. The third kappa shape index (κ3) is 4.26. The SMILES string of the molecule is CC(CNC(=O)C(C)(C)n1cc([N+](=O)[O-])cn1)CC(=O)O. The predicted octanol–water partition coefficient (Wildman–Crippen LogP) is 0.753. The summed E-state index contributed by atoms with van der Waals surface area (Å²) in [4.78, 5) is 32.7. The maximum atomic E-state index is 12.1. The Morgan fingerprint density at radius 3 is 2.67 bits per heavy atom. The first-order valence-corrected chi connectivity index (χ1v) is 6.34. The van der Waals surface area contributed by atoms with Crippen molar-refractivity contribution in [2.75, 3.05) is 6.54 Å². The Bertz CT molecular complexity index is 552. The molecule has 0 saturated carbocycles. The van der Waals surface area contributed by atoms with Crippen LogP contribution in [0.2, 0.25) is 0 Å². The number of amides is 1. The number of hydrogen-bond donors (Lipinski definition) is 2. The summed E-state index contributed by atoms with van der Waals surface area (Å²) in [6.45, 7) is 5.06. The first kappa shape index (κ1) is 16.6. The number of aliphatic carboxylic acids is 1. The Morgan fingerprint density at radius 1 is 1.57 bits per heavy atom. The van der Waals surface area contributed by atoms with E-state index in [1.165, 1.54) is 10.9 Å². The van der Waals surface area contributed by atoms with Gasteiger partial charge in [-0.1, -0.05) is 6.92 Å². The maximum Gasteiger partial charge on any atom is 0.307 e. The van der Waals surface area contributed by atoms with Gasteiger partial charge in [-0.3, -0.25) is 24.4 Å². The van der Waals surface area contributed by atoms with Crippen LogP contribution in [0, 0.1) is 16.0 Å². The fourth-order valence-electron chi connectivity index (χ4n) is 1.67. The summed E-state index contributed by atoms with van der Waals surface area (Å²) in [7, 11) is 0. The summed E-state index contributed by atoms with van der Waals surface area (Å²) >= 11 is 0. The number of aromatic nitrogens is 2. The fraction of sp³-hybridized carbons (Fsp3) is 0.583. The Balaban J connectivity index is 2.70. The van der Waals surface area contributed by atoms with E-state index >= 15 is 0 Å². The van der Waals surface area contributed by atoms with Crippen LogP contribution >= 0.6 is 0 Å². The molecule has 1 heterocycles. The molecular formula is C12H18N4O5. The molecule has 0 aromatic carbocycles. The van der Waals surface area contributed by atoms with Gasteiger partial charge in [-0.15, -0.1) is 0 Å². The molecule has 0 aliphatic rings. The van der Waals surface area contributed by atoms with Crippen LogP contribution in [-0.2, 0) is 15.1 Å². The van der Waals surface area contributed by atoms with E-state index in [9.17, 15) is 19.7 Å². The first-order valence-electron chi connectivity index (χ1n) is 6.34. The molecule has 0 bridgehead atoms. The van der Waals surface area contributed by atoms with E-state index in [1.807, 2.05) is 0 Å². The van der Waals surface area contributed by atoms with Crippen molar-refractivity contribution in [3.05, 3.63) is 22.5 Å². The molecule has 1 unspecified atom stereocenters. The van der Waals surface area contributed by atoms with Gasteiger partial charge >= 0.3 is 11.7 Å². The summed E-state index contributed by atoms with van der Waals surface area (Å²) in [5.41, 5.74) is -1.31. The molecular weight excluding hydrogens is 280 g/mol. The van der Waals surface area contributed by atoms with Crippen molar-refractivity contribution in [3.8, 4) is 0 Å². The van der Waals surface area contributed by atoms with Crippen LogP contribution in [-0.4, -0.2) is 38.2 Å². The molecule has 0 saturated heterocycles. The average molecular weight is 298 g/mol. The third-order valence-corrected chi connectivity index (χ3v) is 3.04. The second kappa shape index (κ2) is 6.33. The largest absolute Gasteiger partial charge is 0.481 e. The minimum atomic E-state index is -1.11. The maximum absolute atomic E-state index is 12.1. The Hall–Kier alpha value is -2.45. The molecule has 21 heavy (non-hydrogen) atoms. The van der Waals surface area contributed by atoms with Crippen molar-refractivity contribution in [1.82, 2.24) is 15.1 Å². The number of carbonyl (C=O) groups is 2. The lowest BCUT2D eigenvalue weighted by molar-refractivity contribution is -0.385. The summed E-state index contributed by atoms with van der Waals surface area (Å²) < 4.78 is 1.21. The van der Waals surface area contributed by atoms with Gasteiger partial charge in [0.25, 0.3) is 0 Å².